The van der Waals surface area contributed by atoms with Crippen molar-refractivity contribution in [2.24, 2.45) is 0 Å². The highest BCUT2D eigenvalue weighted by Gasteiger charge is 2.16. The molecule has 1 aliphatic rings. The molecule has 0 aromatic heterocycles. The van der Waals surface area contributed by atoms with E-state index in [1.165, 1.54) is 12.1 Å². The van der Waals surface area contributed by atoms with E-state index in [0.29, 0.717) is 12.1 Å². The number of halogens is 2. The van der Waals surface area contributed by atoms with Gasteiger partial charge in [-0.2, -0.15) is 0 Å². The van der Waals surface area contributed by atoms with Crippen molar-refractivity contribution in [1.82, 2.24) is 9.80 Å². The van der Waals surface area contributed by atoms with E-state index in [0.717, 1.165) is 26.2 Å². The van der Waals surface area contributed by atoms with E-state index in [9.17, 15) is 8.78 Å². The average molecular weight is 242 g/mol. The molecule has 1 fully saturated rings. The van der Waals surface area contributed by atoms with Crippen LogP contribution < -0.4 is 0 Å². The normalized spacial score (nSPS) is 18.5. The monoisotopic (exact) mass is 242 g/mol. The van der Waals surface area contributed by atoms with E-state index < -0.39 is 17.4 Å². The number of piperazine rings is 1. The molecule has 5 heteroatoms. The Kier molecular flexibility index (Phi) is 3.59. The number of hydrogen-bond donors (Lipinski definition) is 1. The summed E-state index contributed by atoms with van der Waals surface area (Å²) in [5.74, 6) is -2.68. The molecule has 2 rings (SSSR count). The topological polar surface area (TPSA) is 26.7 Å². The molecule has 1 saturated heterocycles. The highest BCUT2D eigenvalue weighted by Crippen LogP contribution is 2.22. The zero-order valence-corrected chi connectivity index (χ0v) is 9.79. The van der Waals surface area contributed by atoms with Crippen LogP contribution in [0.4, 0.5) is 8.78 Å². The summed E-state index contributed by atoms with van der Waals surface area (Å²) >= 11 is 0. The molecule has 1 N–H and O–H groups in total. The quantitative estimate of drug-likeness (QED) is 0.849. The van der Waals surface area contributed by atoms with Crippen LogP contribution in [0, 0.1) is 11.6 Å². The van der Waals surface area contributed by atoms with Gasteiger partial charge in [0.2, 0.25) is 0 Å². The van der Waals surface area contributed by atoms with Crippen LogP contribution in [0.1, 0.15) is 5.56 Å². The van der Waals surface area contributed by atoms with E-state index >= 15 is 0 Å². The average Bonchev–Trinajstić information content (AvgIpc) is 2.29. The predicted molar refractivity (Wildman–Crippen MR) is 60.8 cm³/mol. The van der Waals surface area contributed by atoms with Crippen LogP contribution in [0.5, 0.6) is 5.75 Å². The molecule has 1 heterocycles. The molecule has 94 valence electrons. The van der Waals surface area contributed by atoms with Crippen LogP contribution >= 0.6 is 0 Å². The zero-order valence-electron chi connectivity index (χ0n) is 9.79. The highest BCUT2D eigenvalue weighted by atomic mass is 19.1. The number of phenols is 1. The van der Waals surface area contributed by atoms with Gasteiger partial charge >= 0.3 is 0 Å². The second kappa shape index (κ2) is 4.98. The second-order valence-electron chi connectivity index (χ2n) is 4.49. The molecule has 0 saturated carbocycles. The number of phenolic OH excluding ortho intramolecular Hbond substituents is 1. The van der Waals surface area contributed by atoms with Gasteiger partial charge in [-0.25, -0.2) is 8.78 Å². The maximum absolute atomic E-state index is 13.1. The summed E-state index contributed by atoms with van der Waals surface area (Å²) in [4.78, 5) is 4.36. The van der Waals surface area contributed by atoms with Gasteiger partial charge in [0.1, 0.15) is 0 Å². The molecule has 0 unspecified atom stereocenters. The first kappa shape index (κ1) is 12.3. The summed E-state index contributed by atoms with van der Waals surface area (Å²) in [7, 11) is 2.05. The molecule has 0 spiro atoms. The van der Waals surface area contributed by atoms with E-state index in [1.807, 2.05) is 0 Å². The Bertz CT molecular complexity index is 380. The smallest absolute Gasteiger partial charge is 0.187 e. The van der Waals surface area contributed by atoms with Crippen molar-refractivity contribution in [2.45, 2.75) is 6.54 Å². The van der Waals surface area contributed by atoms with Crippen LogP contribution in [-0.2, 0) is 6.54 Å². The lowest BCUT2D eigenvalue weighted by Crippen LogP contribution is -2.43. The molecular formula is C12H16F2N2O. The van der Waals surface area contributed by atoms with E-state index in [1.54, 1.807) is 0 Å². The molecule has 3 nitrogen and oxygen atoms in total. The van der Waals surface area contributed by atoms with Crippen molar-refractivity contribution in [2.75, 3.05) is 33.2 Å². The number of hydrogen-bond acceptors (Lipinski definition) is 3. The molecule has 0 atom stereocenters. The van der Waals surface area contributed by atoms with Gasteiger partial charge in [-0.15, -0.1) is 0 Å². The molecule has 1 aromatic carbocycles. The van der Waals surface area contributed by atoms with Gasteiger partial charge in [-0.3, -0.25) is 4.90 Å². The number of benzene rings is 1. The number of likely N-dealkylation sites (N-methyl/N-ethyl adjacent to an activating group) is 1. The molecule has 0 bridgehead atoms. The summed E-state index contributed by atoms with van der Waals surface area (Å²) in [6.07, 6.45) is 0. The van der Waals surface area contributed by atoms with Crippen LogP contribution in [0.25, 0.3) is 0 Å². The third-order valence-corrected chi connectivity index (χ3v) is 3.08. The number of aromatic hydroxyl groups is 1. The minimum absolute atomic E-state index is 0.516. The van der Waals surface area contributed by atoms with Gasteiger partial charge in [-0.05, 0) is 24.7 Å². The van der Waals surface area contributed by atoms with Gasteiger partial charge in [0.15, 0.2) is 17.4 Å². The van der Waals surface area contributed by atoms with Crippen LogP contribution in [0.2, 0.25) is 0 Å². The fraction of sp³-hybridized carbons (Fsp3) is 0.500. The van der Waals surface area contributed by atoms with Gasteiger partial charge < -0.3 is 10.0 Å². The van der Waals surface area contributed by atoms with Crippen molar-refractivity contribution in [3.63, 3.8) is 0 Å². The molecule has 17 heavy (non-hydrogen) atoms. The number of nitrogens with zero attached hydrogens (tertiary/aromatic N) is 2. The Morgan fingerprint density at radius 3 is 2.18 bits per heavy atom. The lowest BCUT2D eigenvalue weighted by molar-refractivity contribution is 0.148. The summed E-state index contributed by atoms with van der Waals surface area (Å²) < 4.78 is 26.3. The maximum atomic E-state index is 13.1. The van der Waals surface area contributed by atoms with E-state index in [4.69, 9.17) is 5.11 Å². The first-order valence-electron chi connectivity index (χ1n) is 5.64. The first-order valence-corrected chi connectivity index (χ1v) is 5.64. The first-order chi connectivity index (χ1) is 8.06. The zero-order chi connectivity index (χ0) is 12.4. The third-order valence-electron chi connectivity index (χ3n) is 3.08. The number of rotatable bonds is 2. The van der Waals surface area contributed by atoms with Crippen LogP contribution in [0.15, 0.2) is 12.1 Å². The minimum atomic E-state index is -0.896. The predicted octanol–water partition coefficient (Wildman–Crippen LogP) is 1.42. The van der Waals surface area contributed by atoms with Crippen LogP contribution in [-0.4, -0.2) is 48.1 Å². The van der Waals surface area contributed by atoms with Gasteiger partial charge in [0, 0.05) is 32.7 Å². The molecule has 0 aliphatic carbocycles. The fourth-order valence-electron chi connectivity index (χ4n) is 1.97. The van der Waals surface area contributed by atoms with Crippen molar-refractivity contribution in [3.8, 4) is 5.75 Å². The van der Waals surface area contributed by atoms with Gasteiger partial charge in [0.25, 0.3) is 0 Å². The summed E-state index contributed by atoms with van der Waals surface area (Å²) in [6.45, 7) is 4.22. The van der Waals surface area contributed by atoms with E-state index in [-0.39, 0.29) is 0 Å². The minimum Gasteiger partial charge on any atom is -0.503 e. The Morgan fingerprint density at radius 1 is 1.12 bits per heavy atom. The standard InChI is InChI=1S/C12H16F2N2O/c1-15-2-4-16(5-3-15)8-9-6-10(13)12(17)11(14)7-9/h6-7,17H,2-5,8H2,1H3. The fourth-order valence-corrected chi connectivity index (χ4v) is 1.97. The van der Waals surface area contributed by atoms with Crippen LogP contribution in [0.3, 0.4) is 0 Å². The van der Waals surface area contributed by atoms with Crippen molar-refractivity contribution in [1.29, 1.82) is 0 Å². The molecule has 1 aliphatic heterocycles. The van der Waals surface area contributed by atoms with Crippen molar-refractivity contribution < 1.29 is 13.9 Å². The highest BCUT2D eigenvalue weighted by molar-refractivity contribution is 5.30. The molecular weight excluding hydrogens is 226 g/mol. The Hall–Kier alpha value is -1.20. The lowest BCUT2D eigenvalue weighted by atomic mass is 10.1. The SMILES string of the molecule is CN1CCN(Cc2cc(F)c(O)c(F)c2)CC1. The molecule has 0 amide bonds. The Balaban J connectivity index is 2.04. The Morgan fingerprint density at radius 2 is 1.65 bits per heavy atom. The van der Waals surface area contributed by atoms with Gasteiger partial charge in [-0.1, -0.05) is 0 Å². The van der Waals surface area contributed by atoms with Crippen molar-refractivity contribution >= 4 is 0 Å². The maximum Gasteiger partial charge on any atom is 0.187 e. The summed E-state index contributed by atoms with van der Waals surface area (Å²) in [6, 6.07) is 2.38. The summed E-state index contributed by atoms with van der Waals surface area (Å²) in [5.41, 5.74) is 0.558. The molecule has 1 aromatic rings. The molecule has 0 radical (unpaired) electrons. The lowest BCUT2D eigenvalue weighted by Gasteiger charge is -2.32. The third kappa shape index (κ3) is 2.92. The second-order valence-corrected chi connectivity index (χ2v) is 4.49. The van der Waals surface area contributed by atoms with Crippen molar-refractivity contribution in [3.05, 3.63) is 29.3 Å². The summed E-state index contributed by atoms with van der Waals surface area (Å²) in [5, 5.41) is 9.00. The van der Waals surface area contributed by atoms with Gasteiger partial charge in [0.05, 0.1) is 0 Å². The van der Waals surface area contributed by atoms with E-state index in [2.05, 4.69) is 16.8 Å². The largest absolute Gasteiger partial charge is 0.503 e. The Labute approximate surface area is 99.3 Å².